The second-order valence-corrected chi connectivity index (χ2v) is 4.00. The van der Waals surface area contributed by atoms with E-state index in [0.717, 1.165) is 12.8 Å². The van der Waals surface area contributed by atoms with Crippen LogP contribution in [0, 0.1) is 0 Å². The Balaban J connectivity index is 2.19. The molecular formula is C9H20N4O. The van der Waals surface area contributed by atoms with E-state index in [-0.39, 0.29) is 11.9 Å². The van der Waals surface area contributed by atoms with Crippen LogP contribution in [0.25, 0.3) is 0 Å². The van der Waals surface area contributed by atoms with Gasteiger partial charge in [-0.05, 0) is 12.8 Å². The quantitative estimate of drug-likeness (QED) is 0.483. The number of rotatable bonds is 6. The number of hydrazine groups is 1. The van der Waals surface area contributed by atoms with Gasteiger partial charge in [0, 0.05) is 39.1 Å². The van der Waals surface area contributed by atoms with Crippen LogP contribution in [0.15, 0.2) is 0 Å². The zero-order valence-electron chi connectivity index (χ0n) is 8.92. The summed E-state index contributed by atoms with van der Waals surface area (Å²) in [5.74, 6) is 0.0947. The lowest BCUT2D eigenvalue weighted by Gasteiger charge is -2.21. The van der Waals surface area contributed by atoms with Gasteiger partial charge in [-0.25, -0.2) is 0 Å². The number of carbonyl (C=O) groups is 1. The van der Waals surface area contributed by atoms with Crippen molar-refractivity contribution in [1.29, 1.82) is 0 Å². The van der Waals surface area contributed by atoms with Crippen molar-refractivity contribution in [3.8, 4) is 0 Å². The van der Waals surface area contributed by atoms with E-state index in [9.17, 15) is 4.79 Å². The lowest BCUT2D eigenvalue weighted by atomic mass is 10.2. The Bertz CT molecular complexity index is 191. The van der Waals surface area contributed by atoms with Crippen molar-refractivity contribution >= 4 is 5.91 Å². The Kier molecular flexibility index (Phi) is 4.31. The first-order chi connectivity index (χ1) is 6.61. The highest BCUT2D eigenvalue weighted by Gasteiger charge is 2.24. The van der Waals surface area contributed by atoms with Gasteiger partial charge in [0.25, 0.3) is 0 Å². The Morgan fingerprint density at radius 2 is 2.21 bits per heavy atom. The van der Waals surface area contributed by atoms with Gasteiger partial charge < -0.3 is 11.1 Å². The predicted molar refractivity (Wildman–Crippen MR) is 55.4 cm³/mol. The number of hydrogen-bond donors (Lipinski definition) is 3. The summed E-state index contributed by atoms with van der Waals surface area (Å²) in [4.78, 5) is 11.4. The Hall–Kier alpha value is -0.650. The number of nitrogens with zero attached hydrogens (tertiary/aromatic N) is 1. The Morgan fingerprint density at radius 1 is 1.57 bits per heavy atom. The number of hydrogen-bond acceptors (Lipinski definition) is 4. The van der Waals surface area contributed by atoms with Crippen LogP contribution in [-0.4, -0.2) is 43.6 Å². The van der Waals surface area contributed by atoms with Gasteiger partial charge >= 0.3 is 0 Å². The molecule has 4 N–H and O–H groups in total. The highest BCUT2D eigenvalue weighted by molar-refractivity contribution is 5.77. The second-order valence-electron chi connectivity index (χ2n) is 4.00. The van der Waals surface area contributed by atoms with Gasteiger partial charge in [-0.3, -0.25) is 15.2 Å². The van der Waals surface area contributed by atoms with Crippen molar-refractivity contribution in [2.75, 3.05) is 20.6 Å². The fourth-order valence-electron chi connectivity index (χ4n) is 1.28. The number of nitrogens with two attached hydrogens (primary N) is 1. The molecule has 0 spiro atoms. The molecule has 5 heteroatoms. The molecule has 1 amide bonds. The summed E-state index contributed by atoms with van der Waals surface area (Å²) in [5, 5.41) is 4.76. The largest absolute Gasteiger partial charge is 0.353 e. The van der Waals surface area contributed by atoms with E-state index in [4.69, 9.17) is 5.73 Å². The molecule has 0 bridgehead atoms. The van der Waals surface area contributed by atoms with E-state index >= 15 is 0 Å². The first-order valence-corrected chi connectivity index (χ1v) is 5.04. The molecule has 0 aliphatic heterocycles. The predicted octanol–water partition coefficient (Wildman–Crippen LogP) is -0.951. The molecule has 1 unspecified atom stereocenters. The van der Waals surface area contributed by atoms with Crippen LogP contribution in [0.1, 0.15) is 19.3 Å². The van der Waals surface area contributed by atoms with E-state index in [1.807, 2.05) is 19.1 Å². The van der Waals surface area contributed by atoms with Crippen LogP contribution < -0.4 is 16.5 Å². The topological polar surface area (TPSA) is 70.4 Å². The highest BCUT2D eigenvalue weighted by atomic mass is 16.1. The summed E-state index contributed by atoms with van der Waals surface area (Å²) in [6.45, 7) is 0.469. The number of nitrogens with one attached hydrogen (secondary N) is 2. The van der Waals surface area contributed by atoms with Gasteiger partial charge in [-0.1, -0.05) is 0 Å². The number of carbonyl (C=O) groups excluding carboxylic acids is 1. The lowest BCUT2D eigenvalue weighted by molar-refractivity contribution is -0.121. The third-order valence-corrected chi connectivity index (χ3v) is 2.10. The molecule has 1 aliphatic rings. The summed E-state index contributed by atoms with van der Waals surface area (Å²) in [6.07, 6.45) is 2.70. The minimum absolute atomic E-state index is 0.0312. The molecule has 1 fully saturated rings. The van der Waals surface area contributed by atoms with Crippen LogP contribution in [0.4, 0.5) is 0 Å². The van der Waals surface area contributed by atoms with Crippen LogP contribution in [0.3, 0.4) is 0 Å². The van der Waals surface area contributed by atoms with Crippen molar-refractivity contribution in [2.45, 2.75) is 31.3 Å². The first kappa shape index (κ1) is 11.4. The van der Waals surface area contributed by atoms with Crippen molar-refractivity contribution in [1.82, 2.24) is 15.8 Å². The van der Waals surface area contributed by atoms with E-state index in [1.165, 1.54) is 0 Å². The normalized spacial score (nSPS) is 18.3. The van der Waals surface area contributed by atoms with Gasteiger partial charge in [0.05, 0.1) is 0 Å². The van der Waals surface area contributed by atoms with Gasteiger partial charge in [0.15, 0.2) is 0 Å². The molecule has 14 heavy (non-hydrogen) atoms. The maximum absolute atomic E-state index is 11.4. The molecule has 1 atom stereocenters. The average Bonchev–Trinajstić information content (AvgIpc) is 2.86. The zero-order chi connectivity index (χ0) is 10.6. The van der Waals surface area contributed by atoms with Crippen molar-refractivity contribution in [3.05, 3.63) is 0 Å². The van der Waals surface area contributed by atoms with E-state index in [0.29, 0.717) is 19.0 Å². The molecule has 1 rings (SSSR count). The summed E-state index contributed by atoms with van der Waals surface area (Å²) in [7, 11) is 3.78. The molecule has 0 aromatic carbocycles. The van der Waals surface area contributed by atoms with Crippen molar-refractivity contribution in [3.63, 3.8) is 0 Å². The molecular weight excluding hydrogens is 180 g/mol. The maximum atomic E-state index is 11.4. The van der Waals surface area contributed by atoms with Crippen molar-refractivity contribution < 1.29 is 4.79 Å². The molecule has 0 saturated heterocycles. The second kappa shape index (κ2) is 5.29. The molecule has 1 aliphatic carbocycles. The Labute approximate surface area is 85.0 Å². The summed E-state index contributed by atoms with van der Waals surface area (Å²) in [6, 6.07) is 0.462. The number of amides is 1. The molecule has 0 radical (unpaired) electrons. The van der Waals surface area contributed by atoms with Gasteiger partial charge in [0.1, 0.15) is 0 Å². The van der Waals surface area contributed by atoms with E-state index in [1.54, 1.807) is 0 Å². The van der Waals surface area contributed by atoms with Crippen molar-refractivity contribution in [2.24, 2.45) is 5.73 Å². The minimum atomic E-state index is 0.0312. The van der Waals surface area contributed by atoms with Gasteiger partial charge in [0.2, 0.25) is 5.91 Å². The molecule has 0 heterocycles. The first-order valence-electron chi connectivity index (χ1n) is 5.04. The fourth-order valence-corrected chi connectivity index (χ4v) is 1.28. The molecule has 82 valence electrons. The molecule has 5 nitrogen and oxygen atoms in total. The average molecular weight is 200 g/mol. The highest BCUT2D eigenvalue weighted by Crippen LogP contribution is 2.18. The third kappa shape index (κ3) is 4.55. The fraction of sp³-hybridized carbons (Fsp3) is 0.889. The van der Waals surface area contributed by atoms with Gasteiger partial charge in [-0.15, -0.1) is 0 Å². The SMILES string of the molecule is CN(C)NC(CN)CC(=O)NC1CC1. The zero-order valence-corrected chi connectivity index (χ0v) is 8.92. The molecule has 0 aromatic heterocycles. The Morgan fingerprint density at radius 3 is 2.64 bits per heavy atom. The maximum Gasteiger partial charge on any atom is 0.221 e. The third-order valence-electron chi connectivity index (χ3n) is 2.10. The van der Waals surface area contributed by atoms with Crippen LogP contribution in [0.2, 0.25) is 0 Å². The summed E-state index contributed by atoms with van der Waals surface area (Å²) < 4.78 is 0. The van der Waals surface area contributed by atoms with Crippen LogP contribution in [-0.2, 0) is 4.79 Å². The van der Waals surface area contributed by atoms with Crippen LogP contribution in [0.5, 0.6) is 0 Å². The van der Waals surface area contributed by atoms with Gasteiger partial charge in [-0.2, -0.15) is 0 Å². The smallest absolute Gasteiger partial charge is 0.221 e. The minimum Gasteiger partial charge on any atom is -0.353 e. The lowest BCUT2D eigenvalue weighted by Crippen LogP contribution is -2.46. The monoisotopic (exact) mass is 200 g/mol. The summed E-state index contributed by atoms with van der Waals surface area (Å²) in [5.41, 5.74) is 8.65. The standard InChI is InChI=1S/C9H20N4O/c1-13(2)12-8(6-10)5-9(14)11-7-3-4-7/h7-8,12H,3-6,10H2,1-2H3,(H,11,14). The summed E-state index contributed by atoms with van der Waals surface area (Å²) >= 11 is 0. The van der Waals surface area contributed by atoms with Crippen LogP contribution >= 0.6 is 0 Å². The molecule has 1 saturated carbocycles. The van der Waals surface area contributed by atoms with E-state index < -0.39 is 0 Å². The molecule has 0 aromatic rings. The van der Waals surface area contributed by atoms with E-state index in [2.05, 4.69) is 10.7 Å².